The molecule has 0 aliphatic carbocycles. The largest absolute Gasteiger partial charge is 0.463 e. The van der Waals surface area contributed by atoms with Crippen molar-refractivity contribution in [3.63, 3.8) is 0 Å². The van der Waals surface area contributed by atoms with Crippen LogP contribution in [0, 0.1) is 5.92 Å². The second-order valence-electron chi connectivity index (χ2n) is 9.35. The minimum Gasteiger partial charge on any atom is -0.463 e. The van der Waals surface area contributed by atoms with Crippen LogP contribution in [0.1, 0.15) is 157 Å². The molecule has 0 radical (unpaired) electrons. The van der Waals surface area contributed by atoms with E-state index in [1.807, 2.05) is 6.92 Å². The molecule has 0 saturated carbocycles. The Hall–Kier alpha value is -0.570. The summed E-state index contributed by atoms with van der Waals surface area (Å²) in [5.74, 6) is 0.573. The zero-order valence-electron chi connectivity index (χ0n) is 22.1. The molecule has 3 heteroatoms. The summed E-state index contributed by atoms with van der Waals surface area (Å²) in [6, 6.07) is 0. The summed E-state index contributed by atoms with van der Waals surface area (Å²) < 4.78 is 5.36. The highest BCUT2D eigenvalue weighted by Gasteiger charge is 2.08. The lowest BCUT2D eigenvalue weighted by molar-refractivity contribution is -0.148. The Morgan fingerprint density at radius 2 is 1.10 bits per heavy atom. The highest BCUT2D eigenvalue weighted by molar-refractivity contribution is 5.69. The van der Waals surface area contributed by atoms with Gasteiger partial charge in [0.25, 0.3) is 0 Å². The number of esters is 1. The molecule has 0 aromatic heterocycles. The van der Waals surface area contributed by atoms with Gasteiger partial charge in [0.2, 0.25) is 0 Å². The molecule has 188 valence electrons. The topological polar surface area (TPSA) is 46.5 Å². The van der Waals surface area contributed by atoms with Crippen molar-refractivity contribution < 1.29 is 14.6 Å². The molecule has 0 amide bonds. The maximum atomic E-state index is 11.5. The minimum atomic E-state index is -0.00726. The third kappa shape index (κ3) is 27.4. The smallest absolute Gasteiger partial charge is 0.306 e. The first-order chi connectivity index (χ1) is 15.0. The summed E-state index contributed by atoms with van der Waals surface area (Å²) in [5.41, 5.74) is 0. The predicted octanol–water partition coefficient (Wildman–Crippen LogP) is 9.00. The van der Waals surface area contributed by atoms with Gasteiger partial charge in [0.05, 0.1) is 6.10 Å². The lowest BCUT2D eigenvalue weighted by Gasteiger charge is -2.12. The molecule has 0 heterocycles. The van der Waals surface area contributed by atoms with E-state index in [0.717, 1.165) is 19.3 Å². The average molecular weight is 443 g/mol. The number of carbonyl (C=O) groups excluding carboxylic acids is 1. The molecular formula is C28H58O3. The van der Waals surface area contributed by atoms with E-state index in [4.69, 9.17) is 9.84 Å². The molecule has 0 aromatic rings. The van der Waals surface area contributed by atoms with Crippen molar-refractivity contribution in [1.82, 2.24) is 0 Å². The lowest BCUT2D eigenvalue weighted by atomic mass is 9.96. The van der Waals surface area contributed by atoms with Crippen molar-refractivity contribution in [2.75, 3.05) is 6.61 Å². The van der Waals surface area contributed by atoms with E-state index >= 15 is 0 Å². The molecule has 0 rings (SSSR count). The van der Waals surface area contributed by atoms with Gasteiger partial charge in [-0.3, -0.25) is 4.79 Å². The molecule has 0 fully saturated rings. The van der Waals surface area contributed by atoms with Gasteiger partial charge in [0.1, 0.15) is 0 Å². The van der Waals surface area contributed by atoms with Crippen LogP contribution in [0.15, 0.2) is 0 Å². The fraction of sp³-hybridized carbons (Fsp3) is 0.964. The first-order valence-electron chi connectivity index (χ1n) is 13.9. The van der Waals surface area contributed by atoms with Crippen LogP contribution < -0.4 is 0 Å². The number of ether oxygens (including phenoxy) is 1. The molecule has 3 nitrogen and oxygen atoms in total. The van der Waals surface area contributed by atoms with Crippen molar-refractivity contribution in [3.8, 4) is 0 Å². The summed E-state index contributed by atoms with van der Waals surface area (Å²) in [4.78, 5) is 11.5. The molecule has 2 unspecified atom stereocenters. The SMILES string of the molecule is CCCCCCC(CO)CCCC.CCCCCCCCCC(=O)OC(C)CCCC. The van der Waals surface area contributed by atoms with Crippen LogP contribution in [0.5, 0.6) is 0 Å². The van der Waals surface area contributed by atoms with E-state index in [-0.39, 0.29) is 12.1 Å². The molecule has 0 bridgehead atoms. The maximum absolute atomic E-state index is 11.5. The van der Waals surface area contributed by atoms with Gasteiger partial charge in [-0.1, -0.05) is 118 Å². The summed E-state index contributed by atoms with van der Waals surface area (Å²) in [5, 5.41) is 9.11. The first-order valence-corrected chi connectivity index (χ1v) is 13.9. The van der Waals surface area contributed by atoms with Crippen LogP contribution in [0.3, 0.4) is 0 Å². The van der Waals surface area contributed by atoms with Crippen LogP contribution in [0.25, 0.3) is 0 Å². The van der Waals surface area contributed by atoms with E-state index in [9.17, 15) is 4.79 Å². The van der Waals surface area contributed by atoms with E-state index < -0.39 is 0 Å². The van der Waals surface area contributed by atoms with Crippen LogP contribution in [-0.2, 0) is 9.53 Å². The molecule has 0 aromatic carbocycles. The van der Waals surface area contributed by atoms with Gasteiger partial charge in [-0.25, -0.2) is 0 Å². The molecule has 0 aliphatic rings. The molecule has 0 saturated heterocycles. The van der Waals surface area contributed by atoms with E-state index in [1.165, 1.54) is 96.3 Å². The maximum Gasteiger partial charge on any atom is 0.306 e. The Morgan fingerprint density at radius 1 is 0.645 bits per heavy atom. The van der Waals surface area contributed by atoms with E-state index in [1.54, 1.807) is 0 Å². The third-order valence-electron chi connectivity index (χ3n) is 5.97. The number of hydrogen-bond acceptors (Lipinski definition) is 3. The van der Waals surface area contributed by atoms with Crippen LogP contribution in [-0.4, -0.2) is 23.8 Å². The van der Waals surface area contributed by atoms with Gasteiger partial charge in [-0.15, -0.1) is 0 Å². The number of hydrogen-bond donors (Lipinski definition) is 1. The Bertz CT molecular complexity index is 343. The molecular weight excluding hydrogens is 384 g/mol. The van der Waals surface area contributed by atoms with E-state index in [2.05, 4.69) is 27.7 Å². The monoisotopic (exact) mass is 442 g/mol. The van der Waals surface area contributed by atoms with Gasteiger partial charge in [-0.2, -0.15) is 0 Å². The van der Waals surface area contributed by atoms with Crippen molar-refractivity contribution in [3.05, 3.63) is 0 Å². The zero-order chi connectivity index (χ0) is 23.6. The number of unbranched alkanes of at least 4 members (excludes halogenated alkanes) is 11. The molecule has 31 heavy (non-hydrogen) atoms. The van der Waals surface area contributed by atoms with Crippen molar-refractivity contribution in [2.45, 2.75) is 163 Å². The van der Waals surface area contributed by atoms with Gasteiger partial charge >= 0.3 is 5.97 Å². The Morgan fingerprint density at radius 3 is 1.65 bits per heavy atom. The van der Waals surface area contributed by atoms with Crippen molar-refractivity contribution in [2.24, 2.45) is 5.92 Å². The summed E-state index contributed by atoms with van der Waals surface area (Å²) in [7, 11) is 0. The molecule has 0 aliphatic heterocycles. The normalized spacial score (nSPS) is 12.7. The Kier molecular flexibility index (Phi) is 28.9. The summed E-state index contributed by atoms with van der Waals surface area (Å²) in [6.45, 7) is 11.2. The predicted molar refractivity (Wildman–Crippen MR) is 137 cm³/mol. The Balaban J connectivity index is 0. The lowest BCUT2D eigenvalue weighted by Crippen LogP contribution is -2.14. The number of aliphatic hydroxyl groups is 1. The van der Waals surface area contributed by atoms with Gasteiger partial charge in [0, 0.05) is 13.0 Å². The highest BCUT2D eigenvalue weighted by atomic mass is 16.5. The quantitative estimate of drug-likeness (QED) is 0.142. The number of rotatable bonds is 21. The highest BCUT2D eigenvalue weighted by Crippen LogP contribution is 2.16. The van der Waals surface area contributed by atoms with Crippen molar-refractivity contribution >= 4 is 5.97 Å². The van der Waals surface area contributed by atoms with Crippen LogP contribution in [0.2, 0.25) is 0 Å². The molecule has 0 spiro atoms. The van der Waals surface area contributed by atoms with Crippen LogP contribution >= 0.6 is 0 Å². The number of aliphatic hydroxyl groups excluding tert-OH is 1. The second kappa shape index (κ2) is 27.5. The number of carbonyl (C=O) groups is 1. The zero-order valence-corrected chi connectivity index (χ0v) is 22.1. The molecule has 2 atom stereocenters. The van der Waals surface area contributed by atoms with Crippen molar-refractivity contribution in [1.29, 1.82) is 0 Å². The fourth-order valence-electron chi connectivity index (χ4n) is 3.74. The minimum absolute atomic E-state index is 0.00726. The molecule has 1 N–H and O–H groups in total. The van der Waals surface area contributed by atoms with Gasteiger partial charge < -0.3 is 9.84 Å². The standard InChI is InChI=1S/C16H32O2.C12H26O/c1-4-6-8-9-10-11-12-14-16(17)18-15(3)13-7-5-2;1-3-5-7-8-10-12(11-13)9-6-4-2/h15H,4-14H2,1-3H3;12-13H,3-11H2,1-2H3. The average Bonchev–Trinajstić information content (AvgIpc) is 2.77. The summed E-state index contributed by atoms with van der Waals surface area (Å²) >= 11 is 0. The van der Waals surface area contributed by atoms with Crippen LogP contribution in [0.4, 0.5) is 0 Å². The van der Waals surface area contributed by atoms with Gasteiger partial charge in [0.15, 0.2) is 0 Å². The third-order valence-corrected chi connectivity index (χ3v) is 5.97. The summed E-state index contributed by atoms with van der Waals surface area (Å²) in [6.07, 6.45) is 23.0. The first kappa shape index (κ1) is 32.6. The van der Waals surface area contributed by atoms with Gasteiger partial charge in [-0.05, 0) is 38.5 Å². The fourth-order valence-corrected chi connectivity index (χ4v) is 3.74. The van der Waals surface area contributed by atoms with E-state index in [0.29, 0.717) is 18.9 Å². The second-order valence-corrected chi connectivity index (χ2v) is 9.35. The Labute approximate surface area is 196 Å².